The van der Waals surface area contributed by atoms with Gasteiger partial charge in [0.05, 0.1) is 6.20 Å². The Bertz CT molecular complexity index is 1130. The maximum absolute atomic E-state index is 12.8. The smallest absolute Gasteiger partial charge is 0.222 e. The summed E-state index contributed by atoms with van der Waals surface area (Å²) in [7, 11) is 0. The summed E-state index contributed by atoms with van der Waals surface area (Å²) in [6.45, 7) is 8.60. The van der Waals surface area contributed by atoms with Crippen molar-refractivity contribution in [2.24, 2.45) is 0 Å². The Morgan fingerprint density at radius 1 is 1.16 bits per heavy atom. The third-order valence-electron chi connectivity index (χ3n) is 6.06. The van der Waals surface area contributed by atoms with Crippen LogP contribution in [0.25, 0.3) is 5.65 Å². The van der Waals surface area contributed by atoms with Crippen LogP contribution >= 0.6 is 0 Å². The molecular weight excluding hydrogens is 404 g/mol. The van der Waals surface area contributed by atoms with Gasteiger partial charge in [-0.3, -0.25) is 9.69 Å². The van der Waals surface area contributed by atoms with Gasteiger partial charge in [0.1, 0.15) is 24.0 Å². The van der Waals surface area contributed by atoms with Gasteiger partial charge < -0.3 is 9.64 Å². The van der Waals surface area contributed by atoms with Crippen molar-refractivity contribution in [1.29, 1.82) is 5.26 Å². The summed E-state index contributed by atoms with van der Waals surface area (Å²) in [6.07, 6.45) is 2.60. The van der Waals surface area contributed by atoms with Gasteiger partial charge in [0.15, 0.2) is 5.65 Å². The lowest BCUT2D eigenvalue weighted by molar-refractivity contribution is -0.132. The molecule has 8 heteroatoms. The summed E-state index contributed by atoms with van der Waals surface area (Å²) >= 11 is 0. The highest BCUT2D eigenvalue weighted by Gasteiger charge is 2.22. The van der Waals surface area contributed by atoms with Gasteiger partial charge in [-0.25, -0.2) is 9.50 Å². The first-order chi connectivity index (χ1) is 15.6. The van der Waals surface area contributed by atoms with Gasteiger partial charge in [-0.15, -0.1) is 0 Å². The van der Waals surface area contributed by atoms with Crippen molar-refractivity contribution in [2.75, 3.05) is 39.3 Å². The zero-order valence-corrected chi connectivity index (χ0v) is 18.6. The number of benzene rings is 1. The highest BCUT2D eigenvalue weighted by Crippen LogP contribution is 2.19. The van der Waals surface area contributed by atoms with E-state index < -0.39 is 0 Å². The monoisotopic (exact) mass is 432 g/mol. The molecule has 0 unspecified atom stereocenters. The molecule has 0 saturated carbocycles. The number of rotatable bonds is 7. The number of hydrogen-bond acceptors (Lipinski definition) is 6. The van der Waals surface area contributed by atoms with Crippen LogP contribution in [0.1, 0.15) is 28.9 Å². The summed E-state index contributed by atoms with van der Waals surface area (Å²) in [6, 6.07) is 12.0. The number of nitrogens with zero attached hydrogens (tertiary/aromatic N) is 6. The van der Waals surface area contributed by atoms with Crippen LogP contribution < -0.4 is 4.74 Å². The fourth-order valence-electron chi connectivity index (χ4n) is 4.17. The SMILES string of the molecule is Cc1nc2c(C#N)cnn2c(C)c1CCC(=O)N1CCN(CCOc2ccccc2)CC1. The molecule has 0 N–H and O–H groups in total. The van der Waals surface area contributed by atoms with E-state index >= 15 is 0 Å². The Morgan fingerprint density at radius 2 is 1.91 bits per heavy atom. The average molecular weight is 433 g/mol. The molecule has 1 amide bonds. The van der Waals surface area contributed by atoms with Gasteiger partial charge in [-0.2, -0.15) is 10.4 Å². The molecule has 0 radical (unpaired) electrons. The molecule has 1 aliphatic rings. The van der Waals surface area contributed by atoms with E-state index in [1.165, 1.54) is 6.20 Å². The van der Waals surface area contributed by atoms with Crippen molar-refractivity contribution in [3.8, 4) is 11.8 Å². The van der Waals surface area contributed by atoms with Crippen molar-refractivity contribution in [3.63, 3.8) is 0 Å². The van der Waals surface area contributed by atoms with Crippen LogP contribution in [-0.4, -0.2) is 69.6 Å². The normalized spacial score (nSPS) is 14.5. The molecule has 0 bridgehead atoms. The first-order valence-electron chi connectivity index (χ1n) is 11.0. The maximum atomic E-state index is 12.8. The first kappa shape index (κ1) is 21.8. The number of piperazine rings is 1. The van der Waals surface area contributed by atoms with Crippen LogP contribution in [-0.2, 0) is 11.2 Å². The molecule has 1 aliphatic heterocycles. The molecule has 1 aromatic carbocycles. The van der Waals surface area contributed by atoms with E-state index in [0.29, 0.717) is 30.7 Å². The van der Waals surface area contributed by atoms with Gasteiger partial charge in [0.25, 0.3) is 0 Å². The Kier molecular flexibility index (Phi) is 6.66. The van der Waals surface area contributed by atoms with Crippen LogP contribution in [0.15, 0.2) is 36.5 Å². The minimum absolute atomic E-state index is 0.169. The summed E-state index contributed by atoms with van der Waals surface area (Å²) in [4.78, 5) is 21.7. The number of nitriles is 1. The van der Waals surface area contributed by atoms with E-state index in [1.54, 1.807) is 4.52 Å². The number of aromatic nitrogens is 3. The molecule has 2 aromatic heterocycles. The highest BCUT2D eigenvalue weighted by atomic mass is 16.5. The molecule has 0 aliphatic carbocycles. The van der Waals surface area contributed by atoms with E-state index in [9.17, 15) is 10.1 Å². The topological polar surface area (TPSA) is 86.8 Å². The summed E-state index contributed by atoms with van der Waals surface area (Å²) in [5.41, 5.74) is 3.85. The van der Waals surface area contributed by atoms with Gasteiger partial charge in [0, 0.05) is 50.5 Å². The van der Waals surface area contributed by atoms with E-state index in [2.05, 4.69) is 21.1 Å². The lowest BCUT2D eigenvalue weighted by Crippen LogP contribution is -2.49. The van der Waals surface area contributed by atoms with Crippen LogP contribution in [0, 0.1) is 25.2 Å². The standard InChI is InChI=1S/C24H28N6O2/c1-18-22(19(2)30-24(27-18)20(16-25)17-26-30)8-9-23(31)29-12-10-28(11-13-29)14-15-32-21-6-4-3-5-7-21/h3-7,17H,8-15H2,1-2H3. The molecule has 0 atom stereocenters. The lowest BCUT2D eigenvalue weighted by Gasteiger charge is -2.34. The second kappa shape index (κ2) is 9.79. The van der Waals surface area contributed by atoms with Crippen LogP contribution in [0.5, 0.6) is 5.75 Å². The molecule has 8 nitrogen and oxygen atoms in total. The molecule has 32 heavy (non-hydrogen) atoms. The number of fused-ring (bicyclic) bond motifs is 1. The molecule has 1 saturated heterocycles. The Labute approximate surface area is 188 Å². The summed E-state index contributed by atoms with van der Waals surface area (Å²) in [5.74, 6) is 1.06. The third kappa shape index (κ3) is 4.73. The van der Waals surface area contributed by atoms with Crippen molar-refractivity contribution in [2.45, 2.75) is 26.7 Å². The van der Waals surface area contributed by atoms with E-state index in [0.717, 1.165) is 55.4 Å². The van der Waals surface area contributed by atoms with E-state index in [-0.39, 0.29) is 5.91 Å². The Balaban J connectivity index is 1.26. The third-order valence-corrected chi connectivity index (χ3v) is 6.06. The zero-order chi connectivity index (χ0) is 22.5. The van der Waals surface area contributed by atoms with Crippen LogP contribution in [0.3, 0.4) is 0 Å². The number of ether oxygens (including phenoxy) is 1. The molecule has 1 fully saturated rings. The Hall–Kier alpha value is -3.44. The van der Waals surface area contributed by atoms with Crippen molar-refractivity contribution < 1.29 is 9.53 Å². The number of carbonyl (C=O) groups excluding carboxylic acids is 1. The predicted octanol–water partition coefficient (Wildman–Crippen LogP) is 2.37. The molecule has 166 valence electrons. The average Bonchev–Trinajstić information content (AvgIpc) is 3.23. The first-order valence-corrected chi connectivity index (χ1v) is 11.0. The van der Waals surface area contributed by atoms with Crippen LogP contribution in [0.2, 0.25) is 0 Å². The number of aryl methyl sites for hydroxylation is 2. The van der Waals surface area contributed by atoms with Crippen LogP contribution in [0.4, 0.5) is 0 Å². The lowest BCUT2D eigenvalue weighted by atomic mass is 10.1. The fraction of sp³-hybridized carbons (Fsp3) is 0.417. The van der Waals surface area contributed by atoms with Gasteiger partial charge in [-0.1, -0.05) is 18.2 Å². The van der Waals surface area contributed by atoms with Crippen molar-refractivity contribution >= 4 is 11.6 Å². The molecule has 0 spiro atoms. The highest BCUT2D eigenvalue weighted by molar-refractivity contribution is 5.76. The minimum atomic E-state index is 0.169. The zero-order valence-electron chi connectivity index (χ0n) is 18.6. The van der Waals surface area contributed by atoms with Crippen molar-refractivity contribution in [1.82, 2.24) is 24.4 Å². The number of para-hydroxylation sites is 1. The molecule has 3 aromatic rings. The number of hydrogen-bond donors (Lipinski definition) is 0. The van der Waals surface area contributed by atoms with Gasteiger partial charge in [0.2, 0.25) is 5.91 Å². The molecular formula is C24H28N6O2. The summed E-state index contributed by atoms with van der Waals surface area (Å²) in [5, 5.41) is 13.5. The summed E-state index contributed by atoms with van der Waals surface area (Å²) < 4.78 is 7.48. The number of carbonyl (C=O) groups is 1. The molecule has 4 rings (SSSR count). The minimum Gasteiger partial charge on any atom is -0.492 e. The van der Waals surface area contributed by atoms with E-state index in [4.69, 9.17) is 4.74 Å². The number of amides is 1. The maximum Gasteiger partial charge on any atom is 0.222 e. The van der Waals surface area contributed by atoms with E-state index in [1.807, 2.05) is 49.1 Å². The van der Waals surface area contributed by atoms with Crippen molar-refractivity contribution in [3.05, 3.63) is 59.0 Å². The Morgan fingerprint density at radius 3 is 2.62 bits per heavy atom. The molecule has 3 heterocycles. The quantitative estimate of drug-likeness (QED) is 0.570. The van der Waals surface area contributed by atoms with Gasteiger partial charge in [-0.05, 0) is 38.0 Å². The second-order valence-corrected chi connectivity index (χ2v) is 8.05. The largest absolute Gasteiger partial charge is 0.492 e. The predicted molar refractivity (Wildman–Crippen MR) is 120 cm³/mol. The van der Waals surface area contributed by atoms with Gasteiger partial charge >= 0.3 is 0 Å². The fourth-order valence-corrected chi connectivity index (χ4v) is 4.17. The second-order valence-electron chi connectivity index (χ2n) is 8.05.